The van der Waals surface area contributed by atoms with Gasteiger partial charge in [0.2, 0.25) is 10.0 Å². The molecule has 5 heteroatoms. The molecule has 0 amide bonds. The lowest BCUT2D eigenvalue weighted by atomic mass is 10.2. The molecule has 20 heavy (non-hydrogen) atoms. The van der Waals surface area contributed by atoms with E-state index < -0.39 is 10.0 Å². The van der Waals surface area contributed by atoms with Gasteiger partial charge in [0.1, 0.15) is 5.75 Å². The number of aromatic hydroxyl groups is 1. The van der Waals surface area contributed by atoms with E-state index >= 15 is 0 Å². The summed E-state index contributed by atoms with van der Waals surface area (Å²) in [4.78, 5) is 0. The van der Waals surface area contributed by atoms with Crippen molar-refractivity contribution in [3.05, 3.63) is 29.8 Å². The van der Waals surface area contributed by atoms with Crippen molar-refractivity contribution >= 4 is 10.0 Å². The van der Waals surface area contributed by atoms with E-state index in [4.69, 9.17) is 0 Å². The summed E-state index contributed by atoms with van der Waals surface area (Å²) in [7, 11) is -3.27. The van der Waals surface area contributed by atoms with E-state index in [1.807, 2.05) is 13.0 Å². The fourth-order valence-electron chi connectivity index (χ4n) is 2.17. The molecule has 112 valence electrons. The fourth-order valence-corrected chi connectivity index (χ4v) is 3.85. The Morgan fingerprint density at radius 3 is 2.65 bits per heavy atom. The monoisotopic (exact) mass is 297 g/mol. The average molecular weight is 297 g/mol. The van der Waals surface area contributed by atoms with Crippen LogP contribution >= 0.6 is 0 Å². The molecular formula is C15H23NO3S. The first-order valence-electron chi connectivity index (χ1n) is 7.20. The highest BCUT2D eigenvalue weighted by Crippen LogP contribution is 2.32. The van der Waals surface area contributed by atoms with Crippen molar-refractivity contribution in [3.63, 3.8) is 0 Å². The Labute approximate surface area is 121 Å². The van der Waals surface area contributed by atoms with Crippen molar-refractivity contribution in [2.45, 2.75) is 44.9 Å². The van der Waals surface area contributed by atoms with Crippen molar-refractivity contribution in [1.29, 1.82) is 0 Å². The molecule has 1 fully saturated rings. The number of benzene rings is 1. The second-order valence-electron chi connectivity index (χ2n) is 5.67. The highest BCUT2D eigenvalue weighted by atomic mass is 32.2. The number of phenols is 1. The third kappa shape index (κ3) is 3.73. The van der Waals surface area contributed by atoms with Crippen LogP contribution in [0.4, 0.5) is 0 Å². The number of sulfonamides is 1. The maximum absolute atomic E-state index is 12.6. The van der Waals surface area contributed by atoms with E-state index in [2.05, 4.69) is 0 Å². The Bertz CT molecular complexity index is 552. The summed E-state index contributed by atoms with van der Waals surface area (Å²) in [6.07, 6.45) is 2.85. The van der Waals surface area contributed by atoms with Gasteiger partial charge in [-0.1, -0.05) is 19.1 Å². The molecule has 0 aliphatic heterocycles. The molecule has 0 aromatic heterocycles. The van der Waals surface area contributed by atoms with Crippen LogP contribution in [0.2, 0.25) is 0 Å². The summed E-state index contributed by atoms with van der Waals surface area (Å²) in [5.74, 6) is 0.681. The first kappa shape index (κ1) is 15.3. The molecule has 1 atom stereocenters. The van der Waals surface area contributed by atoms with Gasteiger partial charge in [-0.3, -0.25) is 0 Å². The molecule has 0 spiro atoms. The second kappa shape index (κ2) is 6.14. The van der Waals surface area contributed by atoms with Gasteiger partial charge in [0.25, 0.3) is 0 Å². The van der Waals surface area contributed by atoms with Gasteiger partial charge in [0.05, 0.1) is 5.25 Å². The molecule has 0 heterocycles. The third-order valence-corrected chi connectivity index (χ3v) is 6.22. The molecule has 0 saturated heterocycles. The lowest BCUT2D eigenvalue weighted by Gasteiger charge is -2.25. The van der Waals surface area contributed by atoms with Crippen LogP contribution in [0.15, 0.2) is 24.3 Å². The number of hydrogen-bond acceptors (Lipinski definition) is 3. The Morgan fingerprint density at radius 1 is 1.40 bits per heavy atom. The van der Waals surface area contributed by atoms with E-state index in [0.717, 1.165) is 18.4 Å². The smallest absolute Gasteiger partial charge is 0.217 e. The van der Waals surface area contributed by atoms with Crippen LogP contribution in [0.25, 0.3) is 0 Å². The zero-order valence-electron chi connectivity index (χ0n) is 12.1. The van der Waals surface area contributed by atoms with Crippen molar-refractivity contribution in [3.8, 4) is 5.75 Å². The van der Waals surface area contributed by atoms with Crippen molar-refractivity contribution in [2.24, 2.45) is 5.92 Å². The lowest BCUT2D eigenvalue weighted by Crippen LogP contribution is -2.38. The maximum Gasteiger partial charge on any atom is 0.217 e. The molecule has 1 aromatic rings. The molecule has 1 N–H and O–H groups in total. The maximum atomic E-state index is 12.6. The Kier molecular flexibility index (Phi) is 4.70. The van der Waals surface area contributed by atoms with Gasteiger partial charge in [-0.05, 0) is 49.8 Å². The van der Waals surface area contributed by atoms with Crippen LogP contribution < -0.4 is 0 Å². The van der Waals surface area contributed by atoms with Crippen LogP contribution in [-0.2, 0) is 16.6 Å². The molecule has 4 nitrogen and oxygen atoms in total. The highest BCUT2D eigenvalue weighted by Gasteiger charge is 2.33. The fraction of sp³-hybridized carbons (Fsp3) is 0.600. The topological polar surface area (TPSA) is 57.6 Å². The van der Waals surface area contributed by atoms with Crippen LogP contribution in [-0.4, -0.2) is 29.6 Å². The van der Waals surface area contributed by atoms with Gasteiger partial charge in [-0.15, -0.1) is 0 Å². The SMILES string of the molecule is CC[C@H](C)S(=O)(=O)N(Cc1cccc(O)c1)CC1CC1. The van der Waals surface area contributed by atoms with E-state index in [1.54, 1.807) is 29.4 Å². The minimum atomic E-state index is -3.27. The molecule has 2 rings (SSSR count). The Balaban J connectivity index is 2.19. The van der Waals surface area contributed by atoms with Gasteiger partial charge in [0, 0.05) is 13.1 Å². The Morgan fingerprint density at radius 2 is 2.10 bits per heavy atom. The first-order valence-corrected chi connectivity index (χ1v) is 8.70. The summed E-state index contributed by atoms with van der Waals surface area (Å²) in [5.41, 5.74) is 0.831. The third-order valence-electron chi connectivity index (χ3n) is 3.87. The lowest BCUT2D eigenvalue weighted by molar-refractivity contribution is 0.383. The van der Waals surface area contributed by atoms with Gasteiger partial charge in [-0.2, -0.15) is 4.31 Å². The summed E-state index contributed by atoms with van der Waals surface area (Å²) >= 11 is 0. The highest BCUT2D eigenvalue weighted by molar-refractivity contribution is 7.89. The molecular weight excluding hydrogens is 274 g/mol. The predicted octanol–water partition coefficient (Wildman–Crippen LogP) is 2.73. The minimum absolute atomic E-state index is 0.176. The van der Waals surface area contributed by atoms with Crippen LogP contribution in [0.1, 0.15) is 38.7 Å². The van der Waals surface area contributed by atoms with E-state index in [0.29, 0.717) is 25.4 Å². The predicted molar refractivity (Wildman–Crippen MR) is 79.9 cm³/mol. The molecule has 1 aliphatic carbocycles. The van der Waals surface area contributed by atoms with Crippen molar-refractivity contribution in [2.75, 3.05) is 6.54 Å². The number of hydrogen-bond donors (Lipinski definition) is 1. The minimum Gasteiger partial charge on any atom is -0.508 e. The summed E-state index contributed by atoms with van der Waals surface area (Å²) in [6, 6.07) is 6.82. The van der Waals surface area contributed by atoms with E-state index in [-0.39, 0.29) is 11.0 Å². The Hall–Kier alpha value is -1.07. The first-order chi connectivity index (χ1) is 9.43. The molecule has 0 radical (unpaired) electrons. The average Bonchev–Trinajstić information content (AvgIpc) is 3.21. The van der Waals surface area contributed by atoms with Gasteiger partial charge < -0.3 is 5.11 Å². The number of rotatable bonds is 7. The molecule has 0 bridgehead atoms. The quantitative estimate of drug-likeness (QED) is 0.842. The molecule has 1 saturated carbocycles. The zero-order chi connectivity index (χ0) is 14.8. The normalized spacial score (nSPS) is 17.4. The second-order valence-corrected chi connectivity index (χ2v) is 8.02. The van der Waals surface area contributed by atoms with Gasteiger partial charge >= 0.3 is 0 Å². The van der Waals surface area contributed by atoms with Crippen molar-refractivity contribution in [1.82, 2.24) is 4.31 Å². The standard InChI is InChI=1S/C15H23NO3S/c1-3-12(2)20(18,19)16(10-13-7-8-13)11-14-5-4-6-15(17)9-14/h4-6,9,12-13,17H,3,7-8,10-11H2,1-2H3/t12-/m0/s1. The zero-order valence-corrected chi connectivity index (χ0v) is 12.9. The van der Waals surface area contributed by atoms with Crippen LogP contribution in [0, 0.1) is 5.92 Å². The van der Waals surface area contributed by atoms with Gasteiger partial charge in [0.15, 0.2) is 0 Å². The number of nitrogens with zero attached hydrogens (tertiary/aromatic N) is 1. The van der Waals surface area contributed by atoms with Gasteiger partial charge in [-0.25, -0.2) is 8.42 Å². The van der Waals surface area contributed by atoms with Crippen LogP contribution in [0.3, 0.4) is 0 Å². The van der Waals surface area contributed by atoms with E-state index in [1.165, 1.54) is 0 Å². The van der Waals surface area contributed by atoms with Crippen LogP contribution in [0.5, 0.6) is 5.75 Å². The summed E-state index contributed by atoms with van der Waals surface area (Å²) in [6.45, 7) is 4.60. The van der Waals surface area contributed by atoms with E-state index in [9.17, 15) is 13.5 Å². The molecule has 1 aromatic carbocycles. The largest absolute Gasteiger partial charge is 0.508 e. The molecule has 1 aliphatic rings. The molecule has 0 unspecified atom stereocenters. The number of phenolic OH excluding ortho intramolecular Hbond substituents is 1. The summed E-state index contributed by atoms with van der Waals surface area (Å²) < 4.78 is 26.7. The summed E-state index contributed by atoms with van der Waals surface area (Å²) in [5, 5.41) is 9.15. The van der Waals surface area contributed by atoms with Crippen molar-refractivity contribution < 1.29 is 13.5 Å².